The van der Waals surface area contributed by atoms with E-state index in [-0.39, 0.29) is 0 Å². The molecule has 1 N–H and O–H groups in total. The number of hydrogen-bond donors (Lipinski definition) is 1. The third-order valence-electron chi connectivity index (χ3n) is 5.95. The number of aromatic amines is 1. The van der Waals surface area contributed by atoms with Crippen molar-refractivity contribution in [3.8, 4) is 0 Å². The van der Waals surface area contributed by atoms with Gasteiger partial charge in [0.1, 0.15) is 0 Å². The summed E-state index contributed by atoms with van der Waals surface area (Å²) in [6.45, 7) is 2.55. The van der Waals surface area contributed by atoms with E-state index in [9.17, 15) is 0 Å². The molecule has 2 aliphatic rings. The summed E-state index contributed by atoms with van der Waals surface area (Å²) in [7, 11) is 0. The van der Waals surface area contributed by atoms with Crippen molar-refractivity contribution in [2.24, 2.45) is 5.41 Å². The average molecular weight is 267 g/mol. The van der Waals surface area contributed by atoms with E-state index in [1.165, 1.54) is 62.3 Å². The molecule has 2 aromatic rings. The van der Waals surface area contributed by atoms with E-state index >= 15 is 0 Å². The summed E-state index contributed by atoms with van der Waals surface area (Å²) in [5.74, 6) is 0.763. The first-order chi connectivity index (χ1) is 9.78. The molecule has 0 radical (unpaired) electrons. The summed E-state index contributed by atoms with van der Waals surface area (Å²) in [5.41, 5.74) is 5.10. The predicted octanol–water partition coefficient (Wildman–Crippen LogP) is 5.56. The normalized spacial score (nSPS) is 25.6. The van der Waals surface area contributed by atoms with Crippen molar-refractivity contribution in [2.45, 2.75) is 64.2 Å². The number of aromatic nitrogens is 1. The highest BCUT2D eigenvalue weighted by atomic mass is 14.7. The minimum atomic E-state index is 0.536. The van der Waals surface area contributed by atoms with Gasteiger partial charge in [0.15, 0.2) is 0 Å². The molecule has 0 bridgehead atoms. The monoisotopic (exact) mass is 267 g/mol. The van der Waals surface area contributed by atoms with Gasteiger partial charge in [-0.25, -0.2) is 0 Å². The topological polar surface area (TPSA) is 15.8 Å². The van der Waals surface area contributed by atoms with E-state index in [2.05, 4.69) is 36.2 Å². The van der Waals surface area contributed by atoms with Crippen molar-refractivity contribution in [1.29, 1.82) is 0 Å². The molecule has 1 aromatic heterocycles. The lowest BCUT2D eigenvalue weighted by molar-refractivity contribution is 0.152. The molecule has 106 valence electrons. The van der Waals surface area contributed by atoms with Crippen LogP contribution in [0, 0.1) is 5.41 Å². The molecule has 20 heavy (non-hydrogen) atoms. The Labute approximate surface area is 121 Å². The lowest BCUT2D eigenvalue weighted by Gasteiger charge is -2.42. The molecule has 4 rings (SSSR count). The first kappa shape index (κ1) is 12.5. The van der Waals surface area contributed by atoms with E-state index in [0.29, 0.717) is 5.41 Å². The van der Waals surface area contributed by atoms with Gasteiger partial charge in [-0.1, -0.05) is 44.4 Å². The lowest BCUT2D eigenvalue weighted by Crippen LogP contribution is -2.30. The molecule has 1 saturated carbocycles. The fourth-order valence-corrected chi connectivity index (χ4v) is 4.82. The summed E-state index contributed by atoms with van der Waals surface area (Å²) < 4.78 is 0. The highest BCUT2D eigenvalue weighted by Gasteiger charge is 2.39. The Hall–Kier alpha value is -1.24. The molecule has 0 aliphatic heterocycles. The van der Waals surface area contributed by atoms with Crippen LogP contribution < -0.4 is 0 Å². The smallest absolute Gasteiger partial charge is 0.0459 e. The standard InChI is InChI=1S/C19H25N/c1-19(12-5-2-6-13-19)16-10-7-9-15-14-8-3-4-11-17(14)20-18(15)16/h3-4,8,11,16,20H,2,5-7,9-10,12-13H2,1H3. The van der Waals surface area contributed by atoms with Gasteiger partial charge in [0.25, 0.3) is 0 Å². The second-order valence-electron chi connectivity index (χ2n) is 7.22. The number of nitrogens with one attached hydrogen (secondary N) is 1. The third-order valence-corrected chi connectivity index (χ3v) is 5.95. The highest BCUT2D eigenvalue weighted by Crippen LogP contribution is 2.52. The molecular formula is C19H25N. The molecule has 1 fully saturated rings. The molecule has 0 spiro atoms. The Morgan fingerprint density at radius 1 is 1.05 bits per heavy atom. The number of fused-ring (bicyclic) bond motifs is 3. The molecule has 1 unspecified atom stereocenters. The molecule has 0 amide bonds. The van der Waals surface area contributed by atoms with Crippen LogP contribution in [0.5, 0.6) is 0 Å². The maximum Gasteiger partial charge on any atom is 0.0459 e. The number of benzene rings is 1. The Bertz CT molecular complexity index is 616. The van der Waals surface area contributed by atoms with Crippen LogP contribution in [-0.2, 0) is 6.42 Å². The van der Waals surface area contributed by atoms with Gasteiger partial charge in [0, 0.05) is 22.5 Å². The van der Waals surface area contributed by atoms with E-state index in [1.807, 2.05) is 0 Å². The van der Waals surface area contributed by atoms with Crippen LogP contribution >= 0.6 is 0 Å². The van der Waals surface area contributed by atoms with Crippen LogP contribution in [0.25, 0.3) is 10.9 Å². The zero-order chi connectivity index (χ0) is 13.6. The summed E-state index contributed by atoms with van der Waals surface area (Å²) in [5, 5.41) is 1.48. The van der Waals surface area contributed by atoms with Crippen molar-refractivity contribution in [3.63, 3.8) is 0 Å². The SMILES string of the molecule is CC1(C2CCCc3c2[nH]c2ccccc32)CCCCC1. The first-order valence-electron chi connectivity index (χ1n) is 8.37. The number of aryl methyl sites for hydroxylation is 1. The zero-order valence-corrected chi connectivity index (χ0v) is 12.5. The van der Waals surface area contributed by atoms with E-state index < -0.39 is 0 Å². The van der Waals surface area contributed by atoms with Crippen molar-refractivity contribution in [2.75, 3.05) is 0 Å². The van der Waals surface area contributed by atoms with Crippen LogP contribution in [0.15, 0.2) is 24.3 Å². The average Bonchev–Trinajstić information content (AvgIpc) is 2.86. The second-order valence-corrected chi connectivity index (χ2v) is 7.22. The van der Waals surface area contributed by atoms with E-state index in [0.717, 1.165) is 5.92 Å². The van der Waals surface area contributed by atoms with Gasteiger partial charge >= 0.3 is 0 Å². The second kappa shape index (κ2) is 4.65. The maximum absolute atomic E-state index is 3.79. The Morgan fingerprint density at radius 2 is 1.85 bits per heavy atom. The summed E-state index contributed by atoms with van der Waals surface area (Å²) in [6.07, 6.45) is 11.2. The van der Waals surface area contributed by atoms with Gasteiger partial charge in [-0.15, -0.1) is 0 Å². The van der Waals surface area contributed by atoms with Crippen molar-refractivity contribution in [1.82, 2.24) is 4.98 Å². The Morgan fingerprint density at radius 3 is 2.70 bits per heavy atom. The van der Waals surface area contributed by atoms with Gasteiger partial charge in [0.05, 0.1) is 0 Å². The molecule has 1 nitrogen and oxygen atoms in total. The zero-order valence-electron chi connectivity index (χ0n) is 12.5. The molecule has 1 heteroatoms. The van der Waals surface area contributed by atoms with E-state index in [1.54, 1.807) is 11.3 Å². The molecule has 0 saturated heterocycles. The number of hydrogen-bond acceptors (Lipinski definition) is 0. The van der Waals surface area contributed by atoms with Crippen molar-refractivity contribution < 1.29 is 0 Å². The third kappa shape index (κ3) is 1.82. The fraction of sp³-hybridized carbons (Fsp3) is 0.579. The van der Waals surface area contributed by atoms with Gasteiger partial charge in [-0.2, -0.15) is 0 Å². The quantitative estimate of drug-likeness (QED) is 0.696. The molecule has 1 heterocycles. The molecule has 1 aromatic carbocycles. The molecule has 2 aliphatic carbocycles. The predicted molar refractivity (Wildman–Crippen MR) is 85.2 cm³/mol. The van der Waals surface area contributed by atoms with Crippen molar-refractivity contribution >= 4 is 10.9 Å². The van der Waals surface area contributed by atoms with Gasteiger partial charge in [0.2, 0.25) is 0 Å². The number of para-hydroxylation sites is 1. The van der Waals surface area contributed by atoms with Gasteiger partial charge in [-0.05, 0) is 49.1 Å². The summed E-state index contributed by atoms with van der Waals surface area (Å²) >= 11 is 0. The minimum absolute atomic E-state index is 0.536. The van der Waals surface area contributed by atoms with E-state index in [4.69, 9.17) is 0 Å². The van der Waals surface area contributed by atoms with Crippen LogP contribution in [0.3, 0.4) is 0 Å². The van der Waals surface area contributed by atoms with Crippen molar-refractivity contribution in [3.05, 3.63) is 35.5 Å². The highest BCUT2D eigenvalue weighted by molar-refractivity contribution is 5.85. The number of rotatable bonds is 1. The Kier molecular flexibility index (Phi) is 2.90. The Balaban J connectivity index is 1.81. The maximum atomic E-state index is 3.79. The largest absolute Gasteiger partial charge is 0.358 e. The summed E-state index contributed by atoms with van der Waals surface area (Å²) in [6, 6.07) is 8.88. The molecular weight excluding hydrogens is 242 g/mol. The summed E-state index contributed by atoms with van der Waals surface area (Å²) in [4.78, 5) is 3.79. The minimum Gasteiger partial charge on any atom is -0.358 e. The molecule has 1 atom stereocenters. The van der Waals surface area contributed by atoms with Crippen LogP contribution in [0.2, 0.25) is 0 Å². The van der Waals surface area contributed by atoms with Crippen LogP contribution in [0.4, 0.5) is 0 Å². The van der Waals surface area contributed by atoms with Crippen LogP contribution in [0.1, 0.15) is 69.0 Å². The van der Waals surface area contributed by atoms with Gasteiger partial charge < -0.3 is 4.98 Å². The number of H-pyrrole nitrogens is 1. The lowest BCUT2D eigenvalue weighted by atomic mass is 9.63. The first-order valence-corrected chi connectivity index (χ1v) is 8.37. The fourth-order valence-electron chi connectivity index (χ4n) is 4.82. The van der Waals surface area contributed by atoms with Gasteiger partial charge in [-0.3, -0.25) is 0 Å². The van der Waals surface area contributed by atoms with Crippen LogP contribution in [-0.4, -0.2) is 4.98 Å².